The fourth-order valence-corrected chi connectivity index (χ4v) is 3.02. The summed E-state index contributed by atoms with van der Waals surface area (Å²) in [4.78, 5) is 27.7. The highest BCUT2D eigenvalue weighted by molar-refractivity contribution is 5.94. The zero-order valence-electron chi connectivity index (χ0n) is 13.0. The van der Waals surface area contributed by atoms with E-state index in [9.17, 15) is 22.8 Å². The van der Waals surface area contributed by atoms with Gasteiger partial charge in [0.05, 0.1) is 12.6 Å². The molecule has 3 rings (SSSR count). The number of nitrogens with one attached hydrogen (secondary N) is 1. The van der Waals surface area contributed by atoms with Crippen LogP contribution in [-0.4, -0.2) is 66.3 Å². The molecule has 1 N–H and O–H groups in total. The number of hydrogen-bond donors (Lipinski definition) is 1. The Hall–Kier alpha value is -2.09. The first-order valence-corrected chi connectivity index (χ1v) is 7.80. The topological polar surface area (TPSA) is 52.7 Å². The maximum absolute atomic E-state index is 13.2. The Morgan fingerprint density at radius 1 is 1.04 bits per heavy atom. The molecule has 0 saturated carbocycles. The van der Waals surface area contributed by atoms with E-state index in [2.05, 4.69) is 5.32 Å². The normalized spacial score (nSPS) is 23.4. The van der Waals surface area contributed by atoms with E-state index in [4.69, 9.17) is 0 Å². The lowest BCUT2D eigenvalue weighted by atomic mass is 10.1. The van der Waals surface area contributed by atoms with Crippen molar-refractivity contribution >= 4 is 11.8 Å². The smallest absolute Gasteiger partial charge is 0.262 e. The number of amides is 2. The third-order valence-electron chi connectivity index (χ3n) is 4.38. The van der Waals surface area contributed by atoms with Gasteiger partial charge in [-0.25, -0.2) is 13.2 Å². The first-order valence-electron chi connectivity index (χ1n) is 7.80. The van der Waals surface area contributed by atoms with Crippen LogP contribution in [0.15, 0.2) is 24.3 Å². The monoisotopic (exact) mass is 341 g/mol. The Labute approximate surface area is 137 Å². The van der Waals surface area contributed by atoms with E-state index in [1.165, 1.54) is 29.2 Å². The van der Waals surface area contributed by atoms with Gasteiger partial charge < -0.3 is 9.80 Å². The Bertz CT molecular complexity index is 628. The molecule has 2 aliphatic heterocycles. The van der Waals surface area contributed by atoms with Gasteiger partial charge in [0.1, 0.15) is 5.82 Å². The second-order valence-electron chi connectivity index (χ2n) is 6.12. The highest BCUT2D eigenvalue weighted by atomic mass is 19.3. The molecule has 2 amide bonds. The number of hydrogen-bond acceptors (Lipinski definition) is 3. The van der Waals surface area contributed by atoms with E-state index >= 15 is 0 Å². The molecular formula is C16H18F3N3O2. The van der Waals surface area contributed by atoms with Crippen LogP contribution >= 0.6 is 0 Å². The summed E-state index contributed by atoms with van der Waals surface area (Å²) in [7, 11) is 0. The van der Waals surface area contributed by atoms with Crippen molar-refractivity contribution in [1.82, 2.24) is 15.1 Å². The molecule has 1 unspecified atom stereocenters. The number of halogens is 3. The molecule has 5 nitrogen and oxygen atoms in total. The summed E-state index contributed by atoms with van der Waals surface area (Å²) < 4.78 is 39.3. The number of rotatable bonds is 2. The molecule has 1 aromatic rings. The Morgan fingerprint density at radius 3 is 2.17 bits per heavy atom. The van der Waals surface area contributed by atoms with Gasteiger partial charge in [-0.2, -0.15) is 0 Å². The zero-order chi connectivity index (χ0) is 17.3. The van der Waals surface area contributed by atoms with Crippen LogP contribution in [0.2, 0.25) is 0 Å². The molecule has 0 spiro atoms. The van der Waals surface area contributed by atoms with Gasteiger partial charge in [0.15, 0.2) is 0 Å². The number of carbonyl (C=O) groups is 2. The summed E-state index contributed by atoms with van der Waals surface area (Å²) in [6, 6.07) is 4.41. The molecule has 0 aliphatic carbocycles. The minimum atomic E-state index is -2.85. The molecule has 2 heterocycles. The summed E-state index contributed by atoms with van der Waals surface area (Å²) in [6.07, 6.45) is -0.486. The molecule has 1 aromatic carbocycles. The zero-order valence-corrected chi connectivity index (χ0v) is 13.0. The van der Waals surface area contributed by atoms with E-state index in [0.717, 1.165) is 0 Å². The number of carbonyl (C=O) groups excluding carboxylic acids is 2. The highest BCUT2D eigenvalue weighted by Gasteiger charge is 2.43. The standard InChI is InChI=1S/C16H18F3N3O2/c17-12-3-1-11(2-4-12)14(23)21-5-7-22(8-6-21)15(24)13-9-16(18,19)10-20-13/h1-4,13,20H,5-10H2. The van der Waals surface area contributed by atoms with Crippen molar-refractivity contribution in [3.05, 3.63) is 35.6 Å². The first-order chi connectivity index (χ1) is 11.4. The summed E-state index contributed by atoms with van der Waals surface area (Å²) in [6.45, 7) is 0.771. The Morgan fingerprint density at radius 2 is 1.62 bits per heavy atom. The van der Waals surface area contributed by atoms with Crippen molar-refractivity contribution in [1.29, 1.82) is 0 Å². The van der Waals surface area contributed by atoms with E-state index < -0.39 is 30.7 Å². The molecule has 0 radical (unpaired) electrons. The molecule has 130 valence electrons. The van der Waals surface area contributed by atoms with E-state index in [1.807, 2.05) is 0 Å². The molecule has 24 heavy (non-hydrogen) atoms. The van der Waals surface area contributed by atoms with Gasteiger partial charge in [-0.3, -0.25) is 14.9 Å². The van der Waals surface area contributed by atoms with Crippen LogP contribution in [0.25, 0.3) is 0 Å². The fraction of sp³-hybridized carbons (Fsp3) is 0.500. The van der Waals surface area contributed by atoms with Crippen LogP contribution in [0.5, 0.6) is 0 Å². The molecule has 2 fully saturated rings. The summed E-state index contributed by atoms with van der Waals surface area (Å²) in [5.74, 6) is -3.84. The molecule has 2 aliphatic rings. The predicted molar refractivity (Wildman–Crippen MR) is 80.2 cm³/mol. The number of piperazine rings is 1. The number of benzene rings is 1. The lowest BCUT2D eigenvalue weighted by Gasteiger charge is -2.36. The largest absolute Gasteiger partial charge is 0.338 e. The molecule has 0 bridgehead atoms. The lowest BCUT2D eigenvalue weighted by molar-refractivity contribution is -0.135. The average molecular weight is 341 g/mol. The van der Waals surface area contributed by atoms with Crippen LogP contribution in [0.4, 0.5) is 13.2 Å². The van der Waals surface area contributed by atoms with Crippen molar-refractivity contribution in [3.63, 3.8) is 0 Å². The lowest BCUT2D eigenvalue weighted by Crippen LogP contribution is -2.54. The maximum atomic E-state index is 13.2. The van der Waals surface area contributed by atoms with Crippen molar-refractivity contribution in [3.8, 4) is 0 Å². The van der Waals surface area contributed by atoms with Crippen LogP contribution in [0, 0.1) is 5.82 Å². The van der Waals surface area contributed by atoms with E-state index in [0.29, 0.717) is 31.7 Å². The molecule has 0 aromatic heterocycles. The second-order valence-corrected chi connectivity index (χ2v) is 6.12. The van der Waals surface area contributed by atoms with E-state index in [1.54, 1.807) is 4.90 Å². The third-order valence-corrected chi connectivity index (χ3v) is 4.38. The summed E-state index contributed by atoms with van der Waals surface area (Å²) >= 11 is 0. The van der Waals surface area contributed by atoms with Crippen molar-refractivity contribution in [2.24, 2.45) is 0 Å². The van der Waals surface area contributed by atoms with Crippen molar-refractivity contribution in [2.75, 3.05) is 32.7 Å². The molecular weight excluding hydrogens is 323 g/mol. The predicted octanol–water partition coefficient (Wildman–Crippen LogP) is 1.11. The van der Waals surface area contributed by atoms with Gasteiger partial charge >= 0.3 is 0 Å². The molecule has 8 heteroatoms. The first kappa shape index (κ1) is 16.8. The summed E-state index contributed by atoms with van der Waals surface area (Å²) in [5.41, 5.74) is 0.383. The summed E-state index contributed by atoms with van der Waals surface area (Å²) in [5, 5.41) is 2.55. The fourth-order valence-electron chi connectivity index (χ4n) is 3.02. The minimum absolute atomic E-state index is 0.229. The molecule has 2 saturated heterocycles. The van der Waals surface area contributed by atoms with Gasteiger partial charge in [0, 0.05) is 38.2 Å². The maximum Gasteiger partial charge on any atom is 0.262 e. The van der Waals surface area contributed by atoms with Gasteiger partial charge in [0.2, 0.25) is 5.91 Å². The van der Waals surface area contributed by atoms with Crippen LogP contribution in [0.3, 0.4) is 0 Å². The Kier molecular flexibility index (Phi) is 4.49. The second kappa shape index (κ2) is 6.43. The van der Waals surface area contributed by atoms with Crippen LogP contribution in [0.1, 0.15) is 16.8 Å². The van der Waals surface area contributed by atoms with Gasteiger partial charge in [-0.05, 0) is 24.3 Å². The van der Waals surface area contributed by atoms with Crippen molar-refractivity contribution in [2.45, 2.75) is 18.4 Å². The quantitative estimate of drug-likeness (QED) is 0.877. The SMILES string of the molecule is O=C(c1ccc(F)cc1)N1CCN(C(=O)C2CC(F)(F)CN2)CC1. The third kappa shape index (κ3) is 3.53. The average Bonchev–Trinajstić information content (AvgIpc) is 2.94. The number of alkyl halides is 2. The molecule has 1 atom stereocenters. The number of nitrogens with zero attached hydrogens (tertiary/aromatic N) is 2. The van der Waals surface area contributed by atoms with Crippen LogP contribution < -0.4 is 5.32 Å². The highest BCUT2D eigenvalue weighted by Crippen LogP contribution is 2.26. The van der Waals surface area contributed by atoms with Gasteiger partial charge in [-0.15, -0.1) is 0 Å². The minimum Gasteiger partial charge on any atom is -0.338 e. The van der Waals surface area contributed by atoms with Gasteiger partial charge in [-0.1, -0.05) is 0 Å². The van der Waals surface area contributed by atoms with Crippen LogP contribution in [-0.2, 0) is 4.79 Å². The van der Waals surface area contributed by atoms with E-state index in [-0.39, 0.29) is 11.8 Å². The van der Waals surface area contributed by atoms with Gasteiger partial charge in [0.25, 0.3) is 11.8 Å². The van der Waals surface area contributed by atoms with Crippen molar-refractivity contribution < 1.29 is 22.8 Å². The Balaban J connectivity index is 1.55.